The average molecular weight is 659 g/mol. The summed E-state index contributed by atoms with van der Waals surface area (Å²) in [7, 11) is 1.41. The Kier molecular flexibility index (Phi) is 15.6. The molecule has 3 rings (SSSR count). The number of benzene rings is 2. The molecule has 1 aliphatic heterocycles. The van der Waals surface area contributed by atoms with Crippen molar-refractivity contribution < 1.29 is 22.8 Å². The molecule has 0 bridgehead atoms. The maximum atomic E-state index is 12.6. The fraction of sp³-hybridized carbons (Fsp3) is 0.529. The van der Waals surface area contributed by atoms with Gasteiger partial charge in [0.1, 0.15) is 5.84 Å². The predicted octanol–water partition coefficient (Wildman–Crippen LogP) is 8.29. The van der Waals surface area contributed by atoms with Crippen molar-refractivity contribution in [1.82, 2.24) is 5.32 Å². The zero-order valence-electron chi connectivity index (χ0n) is 26.4. The van der Waals surface area contributed by atoms with Gasteiger partial charge in [0, 0.05) is 28.4 Å². The van der Waals surface area contributed by atoms with Crippen LogP contribution in [0.3, 0.4) is 0 Å². The molecule has 0 aliphatic carbocycles. The maximum absolute atomic E-state index is 12.6. The van der Waals surface area contributed by atoms with Crippen molar-refractivity contribution in [1.29, 1.82) is 0 Å². The Balaban J connectivity index is 1.30. The van der Waals surface area contributed by atoms with Gasteiger partial charge in [-0.05, 0) is 48.9 Å². The highest BCUT2D eigenvalue weighted by Gasteiger charge is 2.26. The molecule has 2 aromatic carbocycles. The predicted molar refractivity (Wildman–Crippen MR) is 181 cm³/mol. The number of hydrogen-bond acceptors (Lipinski definition) is 6. The number of amides is 3. The third-order valence-corrected chi connectivity index (χ3v) is 9.17. The highest BCUT2D eigenvalue weighted by atomic mass is 35.7. The van der Waals surface area contributed by atoms with E-state index in [4.69, 9.17) is 10.7 Å². The van der Waals surface area contributed by atoms with Gasteiger partial charge in [-0.25, -0.2) is 8.42 Å². The topological polar surface area (TPSA) is 125 Å². The second kappa shape index (κ2) is 19.3. The molecular weight excluding hydrogens is 612 g/mol. The lowest BCUT2D eigenvalue weighted by Gasteiger charge is -2.12. The Morgan fingerprint density at radius 3 is 1.91 bits per heavy atom. The fourth-order valence-corrected chi connectivity index (χ4v) is 6.06. The molecule has 3 amide bonds. The van der Waals surface area contributed by atoms with Gasteiger partial charge in [-0.15, -0.1) is 0 Å². The Labute approximate surface area is 272 Å². The number of amidine groups is 1. The summed E-state index contributed by atoms with van der Waals surface area (Å²) in [6, 6.07) is 11.9. The van der Waals surface area contributed by atoms with E-state index in [-0.39, 0.29) is 28.7 Å². The van der Waals surface area contributed by atoms with E-state index < -0.39 is 15.0 Å². The van der Waals surface area contributed by atoms with E-state index >= 15 is 0 Å². The lowest BCUT2D eigenvalue weighted by Crippen LogP contribution is -2.29. The van der Waals surface area contributed by atoms with Crippen molar-refractivity contribution in [2.45, 2.75) is 121 Å². The smallest absolute Gasteiger partial charge is 0.261 e. The summed E-state index contributed by atoms with van der Waals surface area (Å²) in [6.45, 7) is 2.26. The van der Waals surface area contributed by atoms with Crippen LogP contribution in [0, 0.1) is 0 Å². The van der Waals surface area contributed by atoms with Crippen LogP contribution in [0.15, 0.2) is 58.5 Å². The number of hydrazone groups is 1. The van der Waals surface area contributed by atoms with Gasteiger partial charge < -0.3 is 10.6 Å². The number of halogens is 1. The van der Waals surface area contributed by atoms with Gasteiger partial charge >= 0.3 is 0 Å². The van der Waals surface area contributed by atoms with Crippen LogP contribution in [0.4, 0.5) is 11.4 Å². The van der Waals surface area contributed by atoms with E-state index in [2.05, 4.69) is 22.7 Å². The van der Waals surface area contributed by atoms with Crippen LogP contribution in [0.1, 0.15) is 126 Å². The number of anilines is 2. The summed E-state index contributed by atoms with van der Waals surface area (Å²) < 4.78 is 23.1. The number of hydrogen-bond donors (Lipinski definition) is 2. The van der Waals surface area contributed by atoms with E-state index in [1.54, 1.807) is 24.3 Å². The van der Waals surface area contributed by atoms with Crippen molar-refractivity contribution in [3.05, 3.63) is 54.1 Å². The molecule has 0 radical (unpaired) electrons. The lowest BCUT2D eigenvalue weighted by atomic mass is 10.0. The number of nitrogens with one attached hydrogen (secondary N) is 2. The number of nitrogens with zero attached hydrogens (tertiary/aromatic N) is 2. The second-order valence-electron chi connectivity index (χ2n) is 11.6. The normalized spacial score (nSPS) is 13.2. The summed E-state index contributed by atoms with van der Waals surface area (Å²) in [5, 5.41) is 11.0. The second-order valence-corrected chi connectivity index (χ2v) is 14.2. The zero-order valence-corrected chi connectivity index (χ0v) is 27.9. The molecule has 0 spiro atoms. The lowest BCUT2D eigenvalue weighted by molar-refractivity contribution is -0.119. The highest BCUT2D eigenvalue weighted by molar-refractivity contribution is 8.13. The maximum Gasteiger partial charge on any atom is 0.261 e. The first-order valence-electron chi connectivity index (χ1n) is 16.3. The molecule has 2 N–H and O–H groups in total. The molecule has 11 heteroatoms. The molecule has 2 aromatic rings. The number of carbonyl (C=O) groups is 3. The van der Waals surface area contributed by atoms with Crippen LogP contribution in [-0.2, 0) is 18.6 Å². The molecule has 0 fully saturated rings. The number of rotatable bonds is 20. The minimum absolute atomic E-state index is 0.00288. The first-order chi connectivity index (χ1) is 21.7. The van der Waals surface area contributed by atoms with Crippen molar-refractivity contribution >= 4 is 54.7 Å². The Morgan fingerprint density at radius 1 is 0.800 bits per heavy atom. The van der Waals surface area contributed by atoms with E-state index in [0.717, 1.165) is 19.3 Å². The van der Waals surface area contributed by atoms with Crippen molar-refractivity contribution in [2.24, 2.45) is 5.10 Å². The number of carbonyl (C=O) groups excluding carboxylic acids is 3. The van der Waals surface area contributed by atoms with Gasteiger partial charge in [0.2, 0.25) is 5.91 Å². The van der Waals surface area contributed by atoms with E-state index in [0.29, 0.717) is 23.6 Å². The molecule has 9 nitrogen and oxygen atoms in total. The standard InChI is InChI=1S/C34H47ClN4O5S/c1-2-3-4-5-6-7-8-9-10-11-12-13-14-15-16-20-32(40)37-31-26-33(41)39(38-31)29-23-21-28(22-24-29)36-34(42)27-18-17-19-30(25-27)45(35,43)44/h17-19,21-25H,2-16,20,26H2,1H3,(H,36,42)(H,37,38,40). The van der Waals surface area contributed by atoms with Gasteiger partial charge in [0.15, 0.2) is 0 Å². The molecule has 0 saturated carbocycles. The van der Waals surface area contributed by atoms with Crippen LogP contribution in [0.5, 0.6) is 0 Å². The van der Waals surface area contributed by atoms with Gasteiger partial charge in [-0.2, -0.15) is 10.1 Å². The fourth-order valence-electron chi connectivity index (χ4n) is 5.26. The van der Waals surface area contributed by atoms with Crippen LogP contribution in [0.25, 0.3) is 0 Å². The van der Waals surface area contributed by atoms with Crippen LogP contribution < -0.4 is 15.6 Å². The largest absolute Gasteiger partial charge is 0.322 e. The first kappa shape index (κ1) is 36.2. The first-order valence-corrected chi connectivity index (χ1v) is 18.6. The van der Waals surface area contributed by atoms with Crippen molar-refractivity contribution in [3.63, 3.8) is 0 Å². The summed E-state index contributed by atoms with van der Waals surface area (Å²) >= 11 is 0. The highest BCUT2D eigenvalue weighted by Crippen LogP contribution is 2.23. The molecule has 0 saturated heterocycles. The van der Waals surface area contributed by atoms with Gasteiger partial charge in [0.25, 0.3) is 20.9 Å². The Hall–Kier alpha value is -3.24. The third-order valence-electron chi connectivity index (χ3n) is 7.81. The van der Waals surface area contributed by atoms with E-state index in [9.17, 15) is 22.8 Å². The van der Waals surface area contributed by atoms with Crippen LogP contribution >= 0.6 is 10.7 Å². The van der Waals surface area contributed by atoms with Gasteiger partial charge in [-0.1, -0.05) is 103 Å². The van der Waals surface area contributed by atoms with Crippen molar-refractivity contribution in [3.8, 4) is 0 Å². The van der Waals surface area contributed by atoms with Crippen LogP contribution in [0.2, 0.25) is 0 Å². The molecule has 1 heterocycles. The molecule has 45 heavy (non-hydrogen) atoms. The molecule has 246 valence electrons. The monoisotopic (exact) mass is 658 g/mol. The van der Waals surface area contributed by atoms with Gasteiger partial charge in [-0.3, -0.25) is 14.4 Å². The third kappa shape index (κ3) is 13.3. The molecular formula is C34H47ClN4O5S. The minimum atomic E-state index is -3.96. The van der Waals surface area contributed by atoms with Crippen LogP contribution in [-0.4, -0.2) is 32.0 Å². The minimum Gasteiger partial charge on any atom is -0.322 e. The Bertz CT molecular complexity index is 1400. The number of unbranched alkanes of at least 4 members (excludes halogenated alkanes) is 14. The molecule has 0 unspecified atom stereocenters. The summed E-state index contributed by atoms with van der Waals surface area (Å²) in [6.07, 6.45) is 19.4. The quantitative estimate of drug-likeness (QED) is 0.109. The SMILES string of the molecule is CCCCCCCCCCCCCCCCCC(=O)NC1=NN(c2ccc(NC(=O)c3cccc(S(=O)(=O)Cl)c3)cc2)C(=O)C1. The zero-order chi connectivity index (χ0) is 32.5. The average Bonchev–Trinajstić information content (AvgIpc) is 3.38. The summed E-state index contributed by atoms with van der Waals surface area (Å²) in [5.74, 6) is -0.605. The van der Waals surface area contributed by atoms with Gasteiger partial charge in [0.05, 0.1) is 17.0 Å². The summed E-state index contributed by atoms with van der Waals surface area (Å²) in [5.41, 5.74) is 1.06. The summed E-state index contributed by atoms with van der Waals surface area (Å²) in [4.78, 5) is 37.4. The Morgan fingerprint density at radius 2 is 1.36 bits per heavy atom. The molecule has 0 atom stereocenters. The van der Waals surface area contributed by atoms with E-state index in [1.165, 1.54) is 106 Å². The van der Waals surface area contributed by atoms with E-state index in [1.807, 2.05) is 0 Å². The van der Waals surface area contributed by atoms with Crippen molar-refractivity contribution in [2.75, 3.05) is 10.3 Å². The molecule has 1 aliphatic rings. The molecule has 0 aromatic heterocycles.